The molecule has 8 heteroatoms. The normalized spacial score (nSPS) is 19.8. The maximum atomic E-state index is 12.5. The second-order valence-corrected chi connectivity index (χ2v) is 6.26. The van der Waals surface area contributed by atoms with Crippen LogP contribution >= 0.6 is 0 Å². The van der Waals surface area contributed by atoms with Crippen molar-refractivity contribution in [3.63, 3.8) is 0 Å². The Morgan fingerprint density at radius 3 is 2.92 bits per heavy atom. The van der Waals surface area contributed by atoms with Gasteiger partial charge in [-0.15, -0.1) is 0 Å². The summed E-state index contributed by atoms with van der Waals surface area (Å²) in [6.07, 6.45) is 1.57. The Morgan fingerprint density at radius 1 is 1.40 bits per heavy atom. The number of aromatic amines is 1. The Balaban J connectivity index is 1.63. The molecule has 0 bridgehead atoms. The number of hydrogen-bond acceptors (Lipinski definition) is 5. The number of rotatable bonds is 6. The minimum atomic E-state index is -0.885. The Bertz CT molecular complexity index is 747. The fourth-order valence-corrected chi connectivity index (χ4v) is 3.17. The number of ether oxygens (including phenoxy) is 1. The molecule has 0 unspecified atom stereocenters. The Morgan fingerprint density at radius 2 is 2.24 bits per heavy atom. The predicted molar refractivity (Wildman–Crippen MR) is 88.1 cm³/mol. The molecule has 1 aromatic heterocycles. The Labute approximate surface area is 144 Å². The zero-order chi connectivity index (χ0) is 17.8. The maximum absolute atomic E-state index is 12.5. The number of likely N-dealkylation sites (tertiary alicyclic amines) is 1. The van der Waals surface area contributed by atoms with Gasteiger partial charge in [-0.1, -0.05) is 12.1 Å². The average Bonchev–Trinajstić information content (AvgIpc) is 3.21. The number of aliphatic carboxylic acids is 1. The van der Waals surface area contributed by atoms with Crippen LogP contribution < -0.4 is 4.74 Å². The molecule has 2 heterocycles. The van der Waals surface area contributed by atoms with Gasteiger partial charge in [0.25, 0.3) is 5.91 Å². The van der Waals surface area contributed by atoms with Crippen LogP contribution in [0.25, 0.3) is 0 Å². The first-order valence-corrected chi connectivity index (χ1v) is 8.07. The van der Waals surface area contributed by atoms with Crippen molar-refractivity contribution in [2.45, 2.75) is 19.3 Å². The third kappa shape index (κ3) is 4.14. The van der Waals surface area contributed by atoms with Gasteiger partial charge in [-0.25, -0.2) is 0 Å². The van der Waals surface area contributed by atoms with Crippen molar-refractivity contribution >= 4 is 11.9 Å². The molecule has 0 saturated carbocycles. The number of carboxylic acids is 1. The predicted octanol–water partition coefficient (Wildman–Crippen LogP) is 1.21. The number of nitrogens with zero attached hydrogens (tertiary/aromatic N) is 3. The molecule has 2 aromatic rings. The molecule has 1 amide bonds. The van der Waals surface area contributed by atoms with Crippen molar-refractivity contribution < 1.29 is 19.4 Å². The van der Waals surface area contributed by atoms with Crippen molar-refractivity contribution in [1.82, 2.24) is 20.3 Å². The van der Waals surface area contributed by atoms with Gasteiger partial charge in [0, 0.05) is 19.0 Å². The third-order valence-electron chi connectivity index (χ3n) is 4.40. The summed E-state index contributed by atoms with van der Waals surface area (Å²) in [7, 11) is 0. The first-order chi connectivity index (χ1) is 12.0. The highest BCUT2D eigenvalue weighted by atomic mass is 16.5. The SMILES string of the molecule is Cc1cccc(OCC(=O)N2C[C@H](CC(=O)O)[C@H](c3cn[nH]n3)C2)c1. The zero-order valence-electron chi connectivity index (χ0n) is 13.9. The average molecular weight is 344 g/mol. The van der Waals surface area contributed by atoms with Gasteiger partial charge in [-0.05, 0) is 30.5 Å². The number of carbonyl (C=O) groups excluding carboxylic acids is 1. The third-order valence-corrected chi connectivity index (χ3v) is 4.40. The molecule has 0 spiro atoms. The van der Waals surface area contributed by atoms with E-state index < -0.39 is 5.97 Å². The van der Waals surface area contributed by atoms with Crippen molar-refractivity contribution in [2.75, 3.05) is 19.7 Å². The van der Waals surface area contributed by atoms with Crippen LogP contribution in [-0.4, -0.2) is 57.0 Å². The second kappa shape index (κ2) is 7.33. The quantitative estimate of drug-likeness (QED) is 0.815. The number of hydrogen-bond donors (Lipinski definition) is 2. The van der Waals surface area contributed by atoms with Gasteiger partial charge in [-0.3, -0.25) is 9.59 Å². The summed E-state index contributed by atoms with van der Waals surface area (Å²) >= 11 is 0. The summed E-state index contributed by atoms with van der Waals surface area (Å²) in [6.45, 7) is 2.67. The van der Waals surface area contributed by atoms with E-state index in [1.807, 2.05) is 25.1 Å². The Hall–Kier alpha value is -2.90. The number of aryl methyl sites for hydroxylation is 1. The fourth-order valence-electron chi connectivity index (χ4n) is 3.17. The van der Waals surface area contributed by atoms with Crippen molar-refractivity contribution in [3.8, 4) is 5.75 Å². The lowest BCUT2D eigenvalue weighted by molar-refractivity contribution is -0.138. The van der Waals surface area contributed by atoms with E-state index in [0.717, 1.165) is 5.56 Å². The summed E-state index contributed by atoms with van der Waals surface area (Å²) in [5.41, 5.74) is 1.74. The molecule has 132 valence electrons. The monoisotopic (exact) mass is 344 g/mol. The van der Waals surface area contributed by atoms with E-state index in [-0.39, 0.29) is 30.8 Å². The van der Waals surface area contributed by atoms with Gasteiger partial charge < -0.3 is 14.7 Å². The maximum Gasteiger partial charge on any atom is 0.303 e. The van der Waals surface area contributed by atoms with Crippen LogP contribution in [0.1, 0.15) is 23.6 Å². The van der Waals surface area contributed by atoms with Crippen molar-refractivity contribution in [1.29, 1.82) is 0 Å². The van der Waals surface area contributed by atoms with E-state index in [1.54, 1.807) is 17.2 Å². The molecule has 1 aromatic carbocycles. The van der Waals surface area contributed by atoms with Crippen LogP contribution in [0.15, 0.2) is 30.5 Å². The fraction of sp³-hybridized carbons (Fsp3) is 0.412. The Kier molecular flexibility index (Phi) is 4.97. The van der Waals surface area contributed by atoms with Crippen LogP contribution in [0.2, 0.25) is 0 Å². The molecule has 2 N–H and O–H groups in total. The van der Waals surface area contributed by atoms with E-state index in [0.29, 0.717) is 24.5 Å². The molecular weight excluding hydrogens is 324 g/mol. The molecule has 1 fully saturated rings. The number of nitrogens with one attached hydrogen (secondary N) is 1. The molecule has 8 nitrogen and oxygen atoms in total. The standard InChI is InChI=1S/C17H20N4O4/c1-11-3-2-4-13(5-11)25-10-16(22)21-8-12(6-17(23)24)14(9-21)15-7-18-20-19-15/h2-5,7,12,14H,6,8-10H2,1H3,(H,23,24)(H,18,19,20)/t12-,14+/m0/s1. The van der Waals surface area contributed by atoms with Crippen molar-refractivity contribution in [2.24, 2.45) is 5.92 Å². The molecule has 3 rings (SSSR count). The number of carboxylic acid groups (broad SMARTS) is 1. The van der Waals surface area contributed by atoms with Crippen LogP contribution in [0.4, 0.5) is 0 Å². The largest absolute Gasteiger partial charge is 0.484 e. The number of benzene rings is 1. The molecular formula is C17H20N4O4. The highest BCUT2D eigenvalue weighted by Gasteiger charge is 2.38. The van der Waals surface area contributed by atoms with E-state index in [2.05, 4.69) is 15.4 Å². The first-order valence-electron chi connectivity index (χ1n) is 8.07. The first kappa shape index (κ1) is 16.9. The molecule has 0 aliphatic carbocycles. The molecule has 0 radical (unpaired) electrons. The zero-order valence-corrected chi connectivity index (χ0v) is 13.9. The lowest BCUT2D eigenvalue weighted by Gasteiger charge is -2.16. The minimum Gasteiger partial charge on any atom is -0.484 e. The van der Waals surface area contributed by atoms with E-state index in [9.17, 15) is 9.59 Å². The van der Waals surface area contributed by atoms with Gasteiger partial charge in [0.05, 0.1) is 18.3 Å². The summed E-state index contributed by atoms with van der Waals surface area (Å²) in [4.78, 5) is 25.2. The van der Waals surface area contributed by atoms with Gasteiger partial charge in [0.15, 0.2) is 6.61 Å². The van der Waals surface area contributed by atoms with E-state index >= 15 is 0 Å². The van der Waals surface area contributed by atoms with E-state index in [4.69, 9.17) is 9.84 Å². The molecule has 1 aliphatic rings. The lowest BCUT2D eigenvalue weighted by atomic mass is 9.91. The van der Waals surface area contributed by atoms with Gasteiger partial charge in [-0.2, -0.15) is 15.4 Å². The van der Waals surface area contributed by atoms with Gasteiger partial charge >= 0.3 is 5.97 Å². The number of carbonyl (C=O) groups is 2. The number of amides is 1. The highest BCUT2D eigenvalue weighted by molar-refractivity contribution is 5.78. The van der Waals surface area contributed by atoms with E-state index in [1.165, 1.54) is 0 Å². The van der Waals surface area contributed by atoms with Gasteiger partial charge in [0.1, 0.15) is 5.75 Å². The smallest absolute Gasteiger partial charge is 0.303 e. The van der Waals surface area contributed by atoms with Crippen molar-refractivity contribution in [3.05, 3.63) is 41.7 Å². The number of H-pyrrole nitrogens is 1. The van der Waals surface area contributed by atoms with Gasteiger partial charge in [0.2, 0.25) is 0 Å². The topological polar surface area (TPSA) is 108 Å². The molecule has 2 atom stereocenters. The molecule has 1 aliphatic heterocycles. The molecule has 25 heavy (non-hydrogen) atoms. The van der Waals surface area contributed by atoms with Crippen LogP contribution in [0, 0.1) is 12.8 Å². The van der Waals surface area contributed by atoms with Crippen LogP contribution in [0.3, 0.4) is 0 Å². The summed E-state index contributed by atoms with van der Waals surface area (Å²) in [5.74, 6) is -0.738. The summed E-state index contributed by atoms with van der Waals surface area (Å²) in [6, 6.07) is 7.49. The van der Waals surface area contributed by atoms with Crippen LogP contribution in [-0.2, 0) is 9.59 Å². The lowest BCUT2D eigenvalue weighted by Crippen LogP contribution is -2.33. The highest BCUT2D eigenvalue weighted by Crippen LogP contribution is 2.33. The van der Waals surface area contributed by atoms with Crippen LogP contribution in [0.5, 0.6) is 5.75 Å². The number of aromatic nitrogens is 3. The second-order valence-electron chi connectivity index (χ2n) is 6.26. The summed E-state index contributed by atoms with van der Waals surface area (Å²) in [5, 5.41) is 19.5. The minimum absolute atomic E-state index is 0.0138. The summed E-state index contributed by atoms with van der Waals surface area (Å²) < 4.78 is 5.56. The molecule has 1 saturated heterocycles.